The van der Waals surface area contributed by atoms with Crippen molar-refractivity contribution in [1.82, 2.24) is 10.3 Å². The molecule has 1 aromatic heterocycles. The second-order valence-corrected chi connectivity index (χ2v) is 6.73. The molecule has 0 radical (unpaired) electrons. The molecule has 1 heterocycles. The monoisotopic (exact) mass is 382 g/mol. The molecule has 0 saturated carbocycles. The van der Waals surface area contributed by atoms with Crippen molar-refractivity contribution in [3.05, 3.63) is 101 Å². The number of halogens is 2. The third kappa shape index (κ3) is 5.38. The molecule has 0 bridgehead atoms. The zero-order valence-electron chi connectivity index (χ0n) is 14.7. The van der Waals surface area contributed by atoms with Crippen molar-refractivity contribution in [2.24, 2.45) is 0 Å². The van der Waals surface area contributed by atoms with Crippen LogP contribution in [0.2, 0.25) is 5.02 Å². The van der Waals surface area contributed by atoms with E-state index in [9.17, 15) is 9.18 Å². The Hall–Kier alpha value is -2.72. The van der Waals surface area contributed by atoms with E-state index in [1.807, 2.05) is 24.3 Å². The molecule has 0 aliphatic rings. The number of nitrogens with zero attached hydrogens (tertiary/aromatic N) is 1. The van der Waals surface area contributed by atoms with Crippen LogP contribution in [0, 0.1) is 5.82 Å². The van der Waals surface area contributed by atoms with E-state index >= 15 is 0 Å². The van der Waals surface area contributed by atoms with E-state index in [1.165, 1.54) is 6.07 Å². The predicted molar refractivity (Wildman–Crippen MR) is 105 cm³/mol. The number of hydrogen-bond donors (Lipinski definition) is 1. The quantitative estimate of drug-likeness (QED) is 0.650. The number of hydrogen-bond acceptors (Lipinski definition) is 2. The molecule has 0 fully saturated rings. The lowest BCUT2D eigenvalue weighted by Crippen LogP contribution is -2.32. The highest BCUT2D eigenvalue weighted by Gasteiger charge is 2.21. The molecule has 27 heavy (non-hydrogen) atoms. The molecule has 0 aliphatic carbocycles. The zero-order valence-corrected chi connectivity index (χ0v) is 15.5. The molecular formula is C22H20ClFN2O. The van der Waals surface area contributed by atoms with E-state index in [4.69, 9.17) is 11.6 Å². The van der Waals surface area contributed by atoms with Crippen molar-refractivity contribution in [2.75, 3.05) is 6.54 Å². The summed E-state index contributed by atoms with van der Waals surface area (Å²) in [5.74, 6) is -0.700. The number of carbonyl (C=O) groups excluding carboxylic acids is 1. The van der Waals surface area contributed by atoms with E-state index in [1.54, 1.807) is 42.7 Å². The minimum atomic E-state index is -0.356. The van der Waals surface area contributed by atoms with Gasteiger partial charge in [-0.25, -0.2) is 4.39 Å². The molecule has 1 atom stereocenters. The smallest absolute Gasteiger partial charge is 0.227 e. The Kier molecular flexibility index (Phi) is 6.55. The molecule has 3 nitrogen and oxygen atoms in total. The molecule has 3 rings (SSSR count). The van der Waals surface area contributed by atoms with Gasteiger partial charge in [-0.3, -0.25) is 9.78 Å². The minimum Gasteiger partial charge on any atom is -0.355 e. The highest BCUT2D eigenvalue weighted by molar-refractivity contribution is 6.30. The third-order valence-corrected chi connectivity index (χ3v) is 4.68. The van der Waals surface area contributed by atoms with E-state index in [-0.39, 0.29) is 17.6 Å². The number of carbonyl (C=O) groups is 1. The predicted octanol–water partition coefficient (Wildman–Crippen LogP) is 4.56. The Morgan fingerprint density at radius 3 is 2.44 bits per heavy atom. The van der Waals surface area contributed by atoms with Gasteiger partial charge >= 0.3 is 0 Å². The van der Waals surface area contributed by atoms with Gasteiger partial charge in [0, 0.05) is 24.0 Å². The number of pyridine rings is 1. The maximum absolute atomic E-state index is 13.7. The van der Waals surface area contributed by atoms with Crippen LogP contribution < -0.4 is 5.32 Å². The molecule has 0 saturated heterocycles. The van der Waals surface area contributed by atoms with Gasteiger partial charge in [-0.15, -0.1) is 0 Å². The number of rotatable bonds is 7. The number of aromatic nitrogens is 1. The van der Waals surface area contributed by atoms with Gasteiger partial charge in [0.05, 0.1) is 5.92 Å². The summed E-state index contributed by atoms with van der Waals surface area (Å²) in [4.78, 5) is 16.9. The lowest BCUT2D eigenvalue weighted by atomic mass is 9.91. The highest BCUT2D eigenvalue weighted by atomic mass is 35.5. The number of amides is 1. The van der Waals surface area contributed by atoms with Crippen LogP contribution in [-0.4, -0.2) is 17.4 Å². The third-order valence-electron chi connectivity index (χ3n) is 4.43. The highest BCUT2D eigenvalue weighted by Crippen LogP contribution is 2.23. The summed E-state index contributed by atoms with van der Waals surface area (Å²) < 4.78 is 13.7. The van der Waals surface area contributed by atoms with Crippen molar-refractivity contribution in [1.29, 1.82) is 0 Å². The van der Waals surface area contributed by atoms with Gasteiger partial charge in [0.2, 0.25) is 5.91 Å². The SMILES string of the molecule is O=C(NCCc1ccccc1F)C(Cc1ccncc1)c1ccc(Cl)cc1. The Morgan fingerprint density at radius 1 is 1.04 bits per heavy atom. The molecular weight excluding hydrogens is 363 g/mol. The Balaban J connectivity index is 1.70. The van der Waals surface area contributed by atoms with Crippen molar-refractivity contribution in [3.8, 4) is 0 Å². The first-order valence-electron chi connectivity index (χ1n) is 8.79. The first-order valence-corrected chi connectivity index (χ1v) is 9.17. The molecule has 1 N–H and O–H groups in total. The molecule has 138 valence electrons. The maximum Gasteiger partial charge on any atom is 0.227 e. The van der Waals surface area contributed by atoms with Crippen LogP contribution in [0.4, 0.5) is 4.39 Å². The fourth-order valence-electron chi connectivity index (χ4n) is 2.96. The largest absolute Gasteiger partial charge is 0.355 e. The lowest BCUT2D eigenvalue weighted by Gasteiger charge is -2.18. The fraction of sp³-hybridized carbons (Fsp3) is 0.182. The van der Waals surface area contributed by atoms with Crippen molar-refractivity contribution in [3.63, 3.8) is 0 Å². The van der Waals surface area contributed by atoms with Gasteiger partial charge in [0.25, 0.3) is 0 Å². The second kappa shape index (κ2) is 9.28. The second-order valence-electron chi connectivity index (χ2n) is 6.30. The summed E-state index contributed by atoms with van der Waals surface area (Å²) in [7, 11) is 0. The number of nitrogens with one attached hydrogen (secondary N) is 1. The van der Waals surface area contributed by atoms with Crippen LogP contribution in [0.25, 0.3) is 0 Å². The molecule has 2 aromatic carbocycles. The van der Waals surface area contributed by atoms with Gasteiger partial charge < -0.3 is 5.32 Å². The van der Waals surface area contributed by atoms with E-state index in [0.717, 1.165) is 11.1 Å². The Morgan fingerprint density at radius 2 is 1.74 bits per heavy atom. The van der Waals surface area contributed by atoms with E-state index < -0.39 is 0 Å². The van der Waals surface area contributed by atoms with Crippen molar-refractivity contribution < 1.29 is 9.18 Å². The fourth-order valence-corrected chi connectivity index (χ4v) is 3.08. The average Bonchev–Trinajstić information content (AvgIpc) is 2.69. The summed E-state index contributed by atoms with van der Waals surface area (Å²) in [6, 6.07) is 17.7. The summed E-state index contributed by atoms with van der Waals surface area (Å²) in [5, 5.41) is 3.56. The normalized spacial score (nSPS) is 11.8. The van der Waals surface area contributed by atoms with Crippen LogP contribution in [0.1, 0.15) is 22.6 Å². The topological polar surface area (TPSA) is 42.0 Å². The maximum atomic E-state index is 13.7. The standard InChI is InChI=1S/C22H20ClFN2O/c23-19-7-5-17(6-8-19)20(15-16-9-12-25-13-10-16)22(27)26-14-11-18-3-1-2-4-21(18)24/h1-10,12-13,20H,11,14-15H2,(H,26,27). The number of benzene rings is 2. The minimum absolute atomic E-state index is 0.0922. The van der Waals surface area contributed by atoms with Gasteiger partial charge in [-0.2, -0.15) is 0 Å². The van der Waals surface area contributed by atoms with Crippen molar-refractivity contribution >= 4 is 17.5 Å². The van der Waals surface area contributed by atoms with Crippen LogP contribution in [0.5, 0.6) is 0 Å². The summed E-state index contributed by atoms with van der Waals surface area (Å²) in [5.41, 5.74) is 2.50. The summed E-state index contributed by atoms with van der Waals surface area (Å²) in [6.45, 7) is 0.375. The molecule has 0 aliphatic heterocycles. The first kappa shape index (κ1) is 19.1. The first-order chi connectivity index (χ1) is 13.1. The van der Waals surface area contributed by atoms with E-state index in [0.29, 0.717) is 30.0 Å². The van der Waals surface area contributed by atoms with Crippen LogP contribution in [0.15, 0.2) is 73.1 Å². The molecule has 5 heteroatoms. The van der Waals surface area contributed by atoms with Gasteiger partial charge in [0.15, 0.2) is 0 Å². The lowest BCUT2D eigenvalue weighted by molar-refractivity contribution is -0.122. The van der Waals surface area contributed by atoms with E-state index in [2.05, 4.69) is 10.3 Å². The van der Waals surface area contributed by atoms with Crippen LogP contribution >= 0.6 is 11.6 Å². The molecule has 1 unspecified atom stereocenters. The summed E-state index contributed by atoms with van der Waals surface area (Å²) in [6.07, 6.45) is 4.42. The van der Waals surface area contributed by atoms with Gasteiger partial charge in [0.1, 0.15) is 5.82 Å². The molecule has 3 aromatic rings. The zero-order chi connectivity index (χ0) is 19.1. The Labute approximate surface area is 163 Å². The Bertz CT molecular complexity index is 884. The van der Waals surface area contributed by atoms with Gasteiger partial charge in [-0.1, -0.05) is 41.9 Å². The molecule has 1 amide bonds. The molecule has 0 spiro atoms. The summed E-state index contributed by atoms with van der Waals surface area (Å²) >= 11 is 5.98. The van der Waals surface area contributed by atoms with Gasteiger partial charge in [-0.05, 0) is 59.9 Å². The van der Waals surface area contributed by atoms with Crippen molar-refractivity contribution in [2.45, 2.75) is 18.8 Å². The van der Waals surface area contributed by atoms with Crippen LogP contribution in [0.3, 0.4) is 0 Å². The average molecular weight is 383 g/mol. The van der Waals surface area contributed by atoms with Crippen LogP contribution in [-0.2, 0) is 17.6 Å².